The maximum absolute atomic E-state index is 6.22. The predicted molar refractivity (Wildman–Crippen MR) is 68.7 cm³/mol. The maximum atomic E-state index is 6.22. The summed E-state index contributed by atoms with van der Waals surface area (Å²) in [7, 11) is 1.92. The van der Waals surface area contributed by atoms with Crippen LogP contribution in [0.1, 0.15) is 38.1 Å². The van der Waals surface area contributed by atoms with Crippen LogP contribution in [0, 0.1) is 12.8 Å². The highest BCUT2D eigenvalue weighted by Crippen LogP contribution is 2.23. The van der Waals surface area contributed by atoms with Crippen molar-refractivity contribution in [3.8, 4) is 0 Å². The lowest BCUT2D eigenvalue weighted by Crippen LogP contribution is -2.32. The zero-order valence-electron chi connectivity index (χ0n) is 10.6. The first kappa shape index (κ1) is 13.5. The minimum absolute atomic E-state index is 0.169. The second-order valence-electron chi connectivity index (χ2n) is 4.41. The normalized spacial score (nSPS) is 13.4. The molecular weight excluding hydrogens is 222 g/mol. The number of nitrogens with zero attached hydrogens (tertiary/aromatic N) is 2. The molecule has 1 aromatic heterocycles. The Morgan fingerprint density at radius 1 is 1.38 bits per heavy atom. The van der Waals surface area contributed by atoms with Gasteiger partial charge in [0.05, 0.1) is 16.4 Å². The van der Waals surface area contributed by atoms with Gasteiger partial charge in [-0.15, -0.1) is 0 Å². The van der Waals surface area contributed by atoms with Crippen molar-refractivity contribution >= 4 is 11.6 Å². The summed E-state index contributed by atoms with van der Waals surface area (Å²) >= 11 is 6.21. The van der Waals surface area contributed by atoms with Crippen LogP contribution in [0.25, 0.3) is 0 Å². The van der Waals surface area contributed by atoms with Gasteiger partial charge in [-0.2, -0.15) is 5.10 Å². The minimum Gasteiger partial charge on any atom is -0.327 e. The fourth-order valence-electron chi connectivity index (χ4n) is 2.19. The molecule has 0 fully saturated rings. The zero-order valence-corrected chi connectivity index (χ0v) is 11.4. The fourth-order valence-corrected chi connectivity index (χ4v) is 2.42. The van der Waals surface area contributed by atoms with E-state index in [1.165, 1.54) is 0 Å². The summed E-state index contributed by atoms with van der Waals surface area (Å²) < 4.78 is 1.85. The number of halogens is 1. The van der Waals surface area contributed by atoms with Crippen molar-refractivity contribution in [3.63, 3.8) is 0 Å². The molecule has 0 spiro atoms. The quantitative estimate of drug-likeness (QED) is 0.864. The Morgan fingerprint density at radius 2 is 1.94 bits per heavy atom. The average Bonchev–Trinajstić information content (AvgIpc) is 2.47. The first-order valence-electron chi connectivity index (χ1n) is 5.94. The van der Waals surface area contributed by atoms with Crippen molar-refractivity contribution in [3.05, 3.63) is 16.4 Å². The standard InChI is InChI=1S/C12H22ClN3/c1-5-9(6-2)10(14)7-11-12(13)8(3)15-16(11)4/h9-10H,5-7,14H2,1-4H3. The van der Waals surface area contributed by atoms with E-state index in [-0.39, 0.29) is 6.04 Å². The monoisotopic (exact) mass is 243 g/mol. The van der Waals surface area contributed by atoms with E-state index in [0.29, 0.717) is 5.92 Å². The Balaban J connectivity index is 2.80. The summed E-state index contributed by atoms with van der Waals surface area (Å²) in [4.78, 5) is 0. The third-order valence-electron chi connectivity index (χ3n) is 3.34. The topological polar surface area (TPSA) is 43.8 Å². The first-order chi connectivity index (χ1) is 7.51. The Labute approximate surface area is 103 Å². The molecule has 0 saturated heterocycles. The van der Waals surface area contributed by atoms with E-state index in [1.807, 2.05) is 18.7 Å². The molecule has 0 radical (unpaired) electrons. The van der Waals surface area contributed by atoms with Gasteiger partial charge >= 0.3 is 0 Å². The second kappa shape index (κ2) is 5.69. The van der Waals surface area contributed by atoms with Crippen LogP contribution in [0.4, 0.5) is 0 Å². The van der Waals surface area contributed by atoms with E-state index >= 15 is 0 Å². The molecule has 92 valence electrons. The third-order valence-corrected chi connectivity index (χ3v) is 3.84. The highest BCUT2D eigenvalue weighted by molar-refractivity contribution is 6.31. The Morgan fingerprint density at radius 3 is 2.31 bits per heavy atom. The summed E-state index contributed by atoms with van der Waals surface area (Å²) in [5.74, 6) is 0.561. The summed E-state index contributed by atoms with van der Waals surface area (Å²) in [5, 5.41) is 5.07. The third kappa shape index (κ3) is 2.77. The number of hydrogen-bond donors (Lipinski definition) is 1. The molecule has 0 amide bonds. The second-order valence-corrected chi connectivity index (χ2v) is 4.79. The molecule has 4 heteroatoms. The van der Waals surface area contributed by atoms with Gasteiger partial charge in [-0.05, 0) is 12.8 Å². The van der Waals surface area contributed by atoms with E-state index in [1.54, 1.807) is 0 Å². The maximum Gasteiger partial charge on any atom is 0.0847 e. The zero-order chi connectivity index (χ0) is 12.3. The predicted octanol–water partition coefficient (Wildman–Crippen LogP) is 2.69. The van der Waals surface area contributed by atoms with Crippen molar-refractivity contribution in [2.45, 2.75) is 46.1 Å². The molecule has 0 saturated carbocycles. The van der Waals surface area contributed by atoms with Crippen LogP contribution in [-0.4, -0.2) is 15.8 Å². The van der Waals surface area contributed by atoms with E-state index in [9.17, 15) is 0 Å². The van der Waals surface area contributed by atoms with Crippen molar-refractivity contribution in [2.24, 2.45) is 18.7 Å². The van der Waals surface area contributed by atoms with Crippen LogP contribution >= 0.6 is 11.6 Å². The molecule has 0 bridgehead atoms. The molecule has 3 nitrogen and oxygen atoms in total. The van der Waals surface area contributed by atoms with Crippen LogP contribution in [0.3, 0.4) is 0 Å². The van der Waals surface area contributed by atoms with Crippen LogP contribution < -0.4 is 5.73 Å². The highest BCUT2D eigenvalue weighted by atomic mass is 35.5. The average molecular weight is 244 g/mol. The summed E-state index contributed by atoms with van der Waals surface area (Å²) in [6.45, 7) is 6.29. The Bertz CT molecular complexity index is 342. The number of aryl methyl sites for hydroxylation is 2. The molecule has 0 aliphatic carbocycles. The summed E-state index contributed by atoms with van der Waals surface area (Å²) in [5.41, 5.74) is 8.16. The van der Waals surface area contributed by atoms with Crippen molar-refractivity contribution < 1.29 is 0 Å². The molecule has 0 aromatic carbocycles. The van der Waals surface area contributed by atoms with Crippen molar-refractivity contribution in [1.82, 2.24) is 9.78 Å². The molecule has 1 atom stereocenters. The lowest BCUT2D eigenvalue weighted by atomic mass is 9.91. The smallest absolute Gasteiger partial charge is 0.0847 e. The summed E-state index contributed by atoms with van der Waals surface area (Å²) in [6.07, 6.45) is 3.04. The number of rotatable bonds is 5. The number of hydrogen-bond acceptors (Lipinski definition) is 2. The molecule has 1 unspecified atom stereocenters. The minimum atomic E-state index is 0.169. The molecule has 0 aliphatic rings. The summed E-state index contributed by atoms with van der Waals surface area (Å²) in [6, 6.07) is 0.169. The van der Waals surface area contributed by atoms with Gasteiger partial charge in [-0.1, -0.05) is 38.3 Å². The molecule has 2 N–H and O–H groups in total. The van der Waals surface area contributed by atoms with Gasteiger partial charge in [0.2, 0.25) is 0 Å². The van der Waals surface area contributed by atoms with Gasteiger partial charge in [0.1, 0.15) is 0 Å². The van der Waals surface area contributed by atoms with E-state index in [2.05, 4.69) is 18.9 Å². The van der Waals surface area contributed by atoms with Gasteiger partial charge in [-0.25, -0.2) is 0 Å². The largest absolute Gasteiger partial charge is 0.327 e. The van der Waals surface area contributed by atoms with Gasteiger partial charge in [0.25, 0.3) is 0 Å². The lowest BCUT2D eigenvalue weighted by molar-refractivity contribution is 0.387. The SMILES string of the molecule is CCC(CC)C(N)Cc1c(Cl)c(C)nn1C. The van der Waals surface area contributed by atoms with Crippen molar-refractivity contribution in [1.29, 1.82) is 0 Å². The number of aromatic nitrogens is 2. The Hall–Kier alpha value is -0.540. The van der Waals surface area contributed by atoms with Gasteiger partial charge in [0, 0.05) is 19.5 Å². The molecule has 1 aromatic rings. The molecule has 1 heterocycles. The van der Waals surface area contributed by atoms with Crippen LogP contribution in [0.2, 0.25) is 5.02 Å². The molecule has 1 rings (SSSR count). The first-order valence-corrected chi connectivity index (χ1v) is 6.32. The van der Waals surface area contributed by atoms with Crippen LogP contribution in [0.15, 0.2) is 0 Å². The van der Waals surface area contributed by atoms with E-state index in [0.717, 1.165) is 35.7 Å². The van der Waals surface area contributed by atoms with E-state index in [4.69, 9.17) is 17.3 Å². The molecule has 0 aliphatic heterocycles. The van der Waals surface area contributed by atoms with Crippen LogP contribution in [-0.2, 0) is 13.5 Å². The van der Waals surface area contributed by atoms with E-state index < -0.39 is 0 Å². The van der Waals surface area contributed by atoms with Gasteiger partial charge in [0.15, 0.2) is 0 Å². The molecule has 16 heavy (non-hydrogen) atoms. The van der Waals surface area contributed by atoms with Gasteiger partial charge in [-0.3, -0.25) is 4.68 Å². The van der Waals surface area contributed by atoms with Crippen molar-refractivity contribution in [2.75, 3.05) is 0 Å². The van der Waals surface area contributed by atoms with Gasteiger partial charge < -0.3 is 5.73 Å². The lowest BCUT2D eigenvalue weighted by Gasteiger charge is -2.21. The highest BCUT2D eigenvalue weighted by Gasteiger charge is 2.19. The fraction of sp³-hybridized carbons (Fsp3) is 0.750. The molecular formula is C12H22ClN3. The Kier molecular flexibility index (Phi) is 4.81. The number of nitrogens with two attached hydrogens (primary N) is 1. The van der Waals surface area contributed by atoms with Crippen LogP contribution in [0.5, 0.6) is 0 Å².